The van der Waals surface area contributed by atoms with Crippen LogP contribution in [-0.2, 0) is 10.2 Å². The Balaban J connectivity index is 0.00000312. The number of hydrogen-bond acceptors (Lipinski definition) is 4. The molecule has 1 aliphatic rings. The number of hydrogen-bond donors (Lipinski definition) is 2. The lowest BCUT2D eigenvalue weighted by Gasteiger charge is -2.24. The molecule has 0 aliphatic carbocycles. The minimum Gasteiger partial charge on any atom is -0.353 e. The number of carbonyl (C=O) groups excluding carboxylic acids is 2. The van der Waals surface area contributed by atoms with Gasteiger partial charge in [-0.15, -0.1) is 24.2 Å². The number of thioether (sulfide) groups is 1. The van der Waals surface area contributed by atoms with Gasteiger partial charge in [-0.1, -0.05) is 32.9 Å². The van der Waals surface area contributed by atoms with Gasteiger partial charge in [0.15, 0.2) is 0 Å². The van der Waals surface area contributed by atoms with Crippen LogP contribution >= 0.6 is 24.2 Å². The predicted octanol–water partition coefficient (Wildman–Crippen LogP) is 2.26. The smallest absolute Gasteiger partial charge is 0.255 e. The summed E-state index contributed by atoms with van der Waals surface area (Å²) in [6.07, 6.45) is 0. The maximum atomic E-state index is 12.8. The number of amides is 2. The highest BCUT2D eigenvalue weighted by Crippen LogP contribution is 2.25. The summed E-state index contributed by atoms with van der Waals surface area (Å²) in [7, 11) is 1.84. The van der Waals surface area contributed by atoms with Gasteiger partial charge in [-0.3, -0.25) is 9.59 Å². The van der Waals surface area contributed by atoms with Crippen molar-refractivity contribution in [2.45, 2.75) is 32.2 Å². The van der Waals surface area contributed by atoms with Crippen LogP contribution in [-0.4, -0.2) is 54.5 Å². The van der Waals surface area contributed by atoms with Crippen molar-refractivity contribution >= 4 is 36.0 Å². The molecule has 1 atom stereocenters. The van der Waals surface area contributed by atoms with Gasteiger partial charge in [0.05, 0.1) is 5.88 Å². The van der Waals surface area contributed by atoms with Gasteiger partial charge in [0.25, 0.3) is 5.91 Å². The van der Waals surface area contributed by atoms with Crippen molar-refractivity contribution < 1.29 is 9.59 Å². The summed E-state index contributed by atoms with van der Waals surface area (Å²) in [6, 6.07) is 7.34. The average molecular weight is 386 g/mol. The highest BCUT2D eigenvalue weighted by Gasteiger charge is 2.34. The topological polar surface area (TPSA) is 61.4 Å². The van der Waals surface area contributed by atoms with Crippen molar-refractivity contribution in [1.82, 2.24) is 15.5 Å². The molecule has 7 heteroatoms. The van der Waals surface area contributed by atoms with E-state index in [2.05, 4.69) is 31.4 Å². The number of benzene rings is 1. The molecule has 140 valence electrons. The Morgan fingerprint density at radius 1 is 1.20 bits per heavy atom. The first-order valence-corrected chi connectivity index (χ1v) is 9.41. The first-order valence-electron chi connectivity index (χ1n) is 8.26. The largest absolute Gasteiger partial charge is 0.353 e. The van der Waals surface area contributed by atoms with Gasteiger partial charge in [0.2, 0.25) is 5.91 Å². The van der Waals surface area contributed by atoms with Gasteiger partial charge in [-0.25, -0.2) is 0 Å². The molecule has 1 aromatic rings. The Hall–Kier alpha value is -1.24. The van der Waals surface area contributed by atoms with E-state index < -0.39 is 0 Å². The summed E-state index contributed by atoms with van der Waals surface area (Å²) in [5.41, 5.74) is 1.88. The minimum absolute atomic E-state index is 0. The van der Waals surface area contributed by atoms with Crippen LogP contribution in [0.15, 0.2) is 24.3 Å². The van der Waals surface area contributed by atoms with Crippen LogP contribution < -0.4 is 10.6 Å². The van der Waals surface area contributed by atoms with E-state index in [1.165, 1.54) is 5.56 Å². The van der Waals surface area contributed by atoms with Gasteiger partial charge in [0.1, 0.15) is 6.04 Å². The molecule has 2 N–H and O–H groups in total. The molecule has 0 bridgehead atoms. The van der Waals surface area contributed by atoms with E-state index in [1.54, 1.807) is 16.7 Å². The second-order valence-corrected chi connectivity index (χ2v) is 8.01. The second-order valence-electron chi connectivity index (χ2n) is 7.01. The van der Waals surface area contributed by atoms with E-state index in [9.17, 15) is 9.59 Å². The lowest BCUT2D eigenvalue weighted by Crippen LogP contribution is -2.48. The van der Waals surface area contributed by atoms with E-state index in [0.29, 0.717) is 30.3 Å². The second kappa shape index (κ2) is 9.46. The summed E-state index contributed by atoms with van der Waals surface area (Å²) in [6.45, 7) is 7.72. The molecule has 1 heterocycles. The molecule has 0 aromatic heterocycles. The van der Waals surface area contributed by atoms with Crippen LogP contribution in [0.4, 0.5) is 0 Å². The van der Waals surface area contributed by atoms with Crippen LogP contribution in [0.3, 0.4) is 0 Å². The number of likely N-dealkylation sites (N-methyl/N-ethyl adjacent to an activating group) is 1. The van der Waals surface area contributed by atoms with Gasteiger partial charge < -0.3 is 15.5 Å². The maximum absolute atomic E-state index is 12.8. The summed E-state index contributed by atoms with van der Waals surface area (Å²) >= 11 is 1.62. The SMILES string of the molecule is CNCCNC(=O)C1CSCN1C(=O)c1ccc(C(C)(C)C)cc1.Cl. The first kappa shape index (κ1) is 21.8. The lowest BCUT2D eigenvalue weighted by molar-refractivity contribution is -0.124. The van der Waals surface area contributed by atoms with Crippen molar-refractivity contribution in [1.29, 1.82) is 0 Å². The Labute approximate surface area is 160 Å². The standard InChI is InChI=1S/C18H27N3O2S.ClH/c1-18(2,3)14-7-5-13(6-8-14)17(23)21-12-24-11-15(21)16(22)20-10-9-19-4;/h5-8,15,19H,9-12H2,1-4H3,(H,20,22);1H. The van der Waals surface area contributed by atoms with Crippen molar-refractivity contribution in [3.63, 3.8) is 0 Å². The molecule has 0 radical (unpaired) electrons. The Kier molecular flexibility index (Phi) is 8.25. The van der Waals surface area contributed by atoms with E-state index >= 15 is 0 Å². The average Bonchev–Trinajstić information content (AvgIpc) is 3.03. The monoisotopic (exact) mass is 385 g/mol. The fourth-order valence-electron chi connectivity index (χ4n) is 2.57. The molecule has 5 nitrogen and oxygen atoms in total. The molecule has 2 amide bonds. The van der Waals surface area contributed by atoms with Gasteiger partial charge in [-0.05, 0) is 30.2 Å². The zero-order chi connectivity index (χ0) is 17.7. The number of rotatable bonds is 5. The molecule has 0 saturated carbocycles. The number of carbonyl (C=O) groups is 2. The van der Waals surface area contributed by atoms with Crippen LogP contribution in [0.2, 0.25) is 0 Å². The quantitative estimate of drug-likeness (QED) is 0.763. The third-order valence-corrected chi connectivity index (χ3v) is 5.13. The highest BCUT2D eigenvalue weighted by molar-refractivity contribution is 7.99. The van der Waals surface area contributed by atoms with Gasteiger partial charge >= 0.3 is 0 Å². The van der Waals surface area contributed by atoms with Crippen LogP contribution in [0.5, 0.6) is 0 Å². The van der Waals surface area contributed by atoms with E-state index in [0.717, 1.165) is 0 Å². The third-order valence-electron chi connectivity index (χ3n) is 4.12. The summed E-state index contributed by atoms with van der Waals surface area (Å²) < 4.78 is 0. The summed E-state index contributed by atoms with van der Waals surface area (Å²) in [4.78, 5) is 26.8. The summed E-state index contributed by atoms with van der Waals surface area (Å²) in [5, 5.41) is 5.87. The Morgan fingerprint density at radius 2 is 1.84 bits per heavy atom. The van der Waals surface area contributed by atoms with Crippen molar-refractivity contribution in [2.75, 3.05) is 31.8 Å². The van der Waals surface area contributed by atoms with Gasteiger partial charge in [0, 0.05) is 24.4 Å². The lowest BCUT2D eigenvalue weighted by atomic mass is 9.86. The molecule has 1 unspecified atom stereocenters. The molecule has 1 aliphatic heterocycles. The third kappa shape index (κ3) is 5.62. The fraction of sp³-hybridized carbons (Fsp3) is 0.556. The van der Waals surface area contributed by atoms with Gasteiger partial charge in [-0.2, -0.15) is 0 Å². The molecule has 1 saturated heterocycles. The number of nitrogens with zero attached hydrogens (tertiary/aromatic N) is 1. The normalized spacial score (nSPS) is 17.1. The zero-order valence-corrected chi connectivity index (χ0v) is 16.9. The van der Waals surface area contributed by atoms with E-state index in [4.69, 9.17) is 0 Å². The van der Waals surface area contributed by atoms with Crippen molar-refractivity contribution in [2.24, 2.45) is 0 Å². The molecular formula is C18H28ClN3O2S. The summed E-state index contributed by atoms with van der Waals surface area (Å²) in [5.74, 6) is 1.06. The fourth-order valence-corrected chi connectivity index (χ4v) is 3.72. The van der Waals surface area contributed by atoms with Crippen molar-refractivity contribution in [3.05, 3.63) is 35.4 Å². The van der Waals surface area contributed by atoms with E-state index in [-0.39, 0.29) is 35.7 Å². The minimum atomic E-state index is -0.387. The van der Waals surface area contributed by atoms with Crippen molar-refractivity contribution in [3.8, 4) is 0 Å². The van der Waals surface area contributed by atoms with Crippen LogP contribution in [0.25, 0.3) is 0 Å². The molecule has 1 fully saturated rings. The maximum Gasteiger partial charge on any atom is 0.255 e. The molecular weight excluding hydrogens is 358 g/mol. The van der Waals surface area contributed by atoms with E-state index in [1.807, 2.05) is 31.3 Å². The number of halogens is 1. The molecule has 1 aromatic carbocycles. The first-order chi connectivity index (χ1) is 11.3. The highest BCUT2D eigenvalue weighted by atomic mass is 35.5. The van der Waals surface area contributed by atoms with Crippen LogP contribution in [0, 0.1) is 0 Å². The number of nitrogens with one attached hydrogen (secondary N) is 2. The zero-order valence-electron chi connectivity index (χ0n) is 15.3. The molecule has 0 spiro atoms. The Bertz CT molecular complexity index is 587. The van der Waals surface area contributed by atoms with Crippen LogP contribution in [0.1, 0.15) is 36.7 Å². The molecule has 2 rings (SSSR count). The molecule has 25 heavy (non-hydrogen) atoms. The predicted molar refractivity (Wildman–Crippen MR) is 107 cm³/mol. The Morgan fingerprint density at radius 3 is 2.40 bits per heavy atom.